The zero-order valence-corrected chi connectivity index (χ0v) is 10.3. The van der Waals surface area contributed by atoms with Crippen LogP contribution in [-0.4, -0.2) is 19.1 Å². The number of rotatable bonds is 1. The summed E-state index contributed by atoms with van der Waals surface area (Å²) in [5.74, 6) is 0. The molecule has 2 rings (SSSR count). The van der Waals surface area contributed by atoms with Gasteiger partial charge >= 0.3 is 6.18 Å². The molecule has 1 aromatic rings. The molecule has 1 aromatic carbocycles. The molecule has 0 amide bonds. The van der Waals surface area contributed by atoms with Crippen LogP contribution >= 0.6 is 0 Å². The van der Waals surface area contributed by atoms with Crippen molar-refractivity contribution in [2.45, 2.75) is 32.0 Å². The van der Waals surface area contributed by atoms with Crippen LogP contribution in [0.15, 0.2) is 18.2 Å². The predicted molar refractivity (Wildman–Crippen MR) is 65.6 cm³/mol. The highest BCUT2D eigenvalue weighted by Crippen LogP contribution is 2.34. The molecule has 1 saturated heterocycles. The average molecular weight is 258 g/mol. The van der Waals surface area contributed by atoms with Crippen molar-refractivity contribution >= 4 is 5.69 Å². The minimum Gasteiger partial charge on any atom is -0.371 e. The van der Waals surface area contributed by atoms with E-state index in [0.29, 0.717) is 5.69 Å². The van der Waals surface area contributed by atoms with Gasteiger partial charge in [-0.15, -0.1) is 0 Å². The standard InChI is InChI=1S/C13H17F3N2/c1-9-2-3-11(8-12(9)13(14,15)16)18-6-4-10(17)5-7-18/h2-3,8,10H,4-7,17H2,1H3. The van der Waals surface area contributed by atoms with Gasteiger partial charge in [-0.05, 0) is 37.5 Å². The van der Waals surface area contributed by atoms with Crippen LogP contribution in [0.2, 0.25) is 0 Å². The Kier molecular flexibility index (Phi) is 3.52. The van der Waals surface area contributed by atoms with E-state index in [1.54, 1.807) is 6.07 Å². The monoisotopic (exact) mass is 258 g/mol. The normalized spacial score (nSPS) is 18.2. The molecule has 100 valence electrons. The van der Waals surface area contributed by atoms with Crippen LogP contribution in [0, 0.1) is 6.92 Å². The highest BCUT2D eigenvalue weighted by atomic mass is 19.4. The third kappa shape index (κ3) is 2.77. The van der Waals surface area contributed by atoms with E-state index >= 15 is 0 Å². The number of anilines is 1. The lowest BCUT2D eigenvalue weighted by molar-refractivity contribution is -0.138. The van der Waals surface area contributed by atoms with E-state index in [9.17, 15) is 13.2 Å². The van der Waals surface area contributed by atoms with E-state index < -0.39 is 11.7 Å². The fourth-order valence-electron chi connectivity index (χ4n) is 2.27. The van der Waals surface area contributed by atoms with Gasteiger partial charge in [-0.3, -0.25) is 0 Å². The first kappa shape index (κ1) is 13.2. The predicted octanol–water partition coefficient (Wildman–Crippen LogP) is 2.94. The van der Waals surface area contributed by atoms with Gasteiger partial charge in [0.05, 0.1) is 5.56 Å². The SMILES string of the molecule is Cc1ccc(N2CCC(N)CC2)cc1C(F)(F)F. The molecule has 1 fully saturated rings. The lowest BCUT2D eigenvalue weighted by atomic mass is 10.0. The number of hydrogen-bond acceptors (Lipinski definition) is 2. The number of aryl methyl sites for hydroxylation is 1. The van der Waals surface area contributed by atoms with Crippen LogP contribution in [0.25, 0.3) is 0 Å². The minimum absolute atomic E-state index is 0.175. The first-order valence-electron chi connectivity index (χ1n) is 6.06. The molecule has 0 atom stereocenters. The van der Waals surface area contributed by atoms with Crippen molar-refractivity contribution in [1.29, 1.82) is 0 Å². The first-order chi connectivity index (χ1) is 8.38. The molecule has 0 bridgehead atoms. The average Bonchev–Trinajstić information content (AvgIpc) is 2.29. The molecule has 2 nitrogen and oxygen atoms in total. The van der Waals surface area contributed by atoms with Gasteiger partial charge in [0.2, 0.25) is 0 Å². The summed E-state index contributed by atoms with van der Waals surface area (Å²) in [4.78, 5) is 1.97. The molecule has 1 aliphatic rings. The maximum atomic E-state index is 12.8. The minimum atomic E-state index is -4.29. The summed E-state index contributed by atoms with van der Waals surface area (Å²) in [6.45, 7) is 2.93. The fraction of sp³-hybridized carbons (Fsp3) is 0.538. The third-order valence-electron chi connectivity index (χ3n) is 3.43. The van der Waals surface area contributed by atoms with E-state index in [1.165, 1.54) is 19.1 Å². The molecule has 0 aliphatic carbocycles. The van der Waals surface area contributed by atoms with Crippen molar-refractivity contribution in [2.24, 2.45) is 5.73 Å². The zero-order valence-electron chi connectivity index (χ0n) is 10.3. The molecule has 0 saturated carbocycles. The summed E-state index contributed by atoms with van der Waals surface area (Å²) in [5, 5.41) is 0. The zero-order chi connectivity index (χ0) is 13.3. The van der Waals surface area contributed by atoms with Crippen molar-refractivity contribution in [1.82, 2.24) is 0 Å². The van der Waals surface area contributed by atoms with E-state index in [1.807, 2.05) is 4.90 Å². The Morgan fingerprint density at radius 1 is 1.22 bits per heavy atom. The van der Waals surface area contributed by atoms with Crippen LogP contribution in [-0.2, 0) is 6.18 Å². The Morgan fingerprint density at radius 3 is 2.39 bits per heavy atom. The number of benzene rings is 1. The van der Waals surface area contributed by atoms with Gasteiger partial charge in [-0.1, -0.05) is 6.07 Å². The van der Waals surface area contributed by atoms with Crippen molar-refractivity contribution < 1.29 is 13.2 Å². The van der Waals surface area contributed by atoms with Crippen LogP contribution in [0.1, 0.15) is 24.0 Å². The fourth-order valence-corrected chi connectivity index (χ4v) is 2.27. The maximum Gasteiger partial charge on any atom is 0.416 e. The van der Waals surface area contributed by atoms with Gasteiger partial charge < -0.3 is 10.6 Å². The number of hydrogen-bond donors (Lipinski definition) is 1. The largest absolute Gasteiger partial charge is 0.416 e. The summed E-state index contributed by atoms with van der Waals surface area (Å²) in [7, 11) is 0. The highest BCUT2D eigenvalue weighted by molar-refractivity contribution is 5.52. The number of nitrogens with two attached hydrogens (primary N) is 1. The summed E-state index contributed by atoms with van der Waals surface area (Å²) >= 11 is 0. The smallest absolute Gasteiger partial charge is 0.371 e. The van der Waals surface area contributed by atoms with Gasteiger partial charge in [0.15, 0.2) is 0 Å². The lowest BCUT2D eigenvalue weighted by Gasteiger charge is -2.32. The number of piperidine rings is 1. The van der Waals surface area contributed by atoms with E-state index in [2.05, 4.69) is 0 Å². The van der Waals surface area contributed by atoms with Gasteiger partial charge in [0.25, 0.3) is 0 Å². The van der Waals surface area contributed by atoms with Crippen molar-refractivity contribution in [2.75, 3.05) is 18.0 Å². The Morgan fingerprint density at radius 2 is 1.83 bits per heavy atom. The Bertz CT molecular complexity index is 421. The molecule has 18 heavy (non-hydrogen) atoms. The molecule has 1 aliphatic heterocycles. The first-order valence-corrected chi connectivity index (χ1v) is 6.06. The third-order valence-corrected chi connectivity index (χ3v) is 3.43. The quantitative estimate of drug-likeness (QED) is 0.839. The lowest BCUT2D eigenvalue weighted by Crippen LogP contribution is -2.39. The molecule has 1 heterocycles. The molecule has 0 aromatic heterocycles. The second-order valence-corrected chi connectivity index (χ2v) is 4.82. The van der Waals surface area contributed by atoms with E-state index in [4.69, 9.17) is 5.73 Å². The van der Waals surface area contributed by atoms with Gasteiger partial charge in [0.1, 0.15) is 0 Å². The summed E-state index contributed by atoms with van der Waals surface area (Å²) < 4.78 is 38.5. The summed E-state index contributed by atoms with van der Waals surface area (Å²) in [6.07, 6.45) is -2.63. The molecule has 5 heteroatoms. The van der Waals surface area contributed by atoms with Crippen molar-refractivity contribution in [3.8, 4) is 0 Å². The number of nitrogens with zero attached hydrogens (tertiary/aromatic N) is 1. The van der Waals surface area contributed by atoms with E-state index in [-0.39, 0.29) is 11.6 Å². The topological polar surface area (TPSA) is 29.3 Å². The molecule has 2 N–H and O–H groups in total. The summed E-state index contributed by atoms with van der Waals surface area (Å²) in [5.41, 5.74) is 6.15. The molecule has 0 spiro atoms. The Balaban J connectivity index is 2.24. The van der Waals surface area contributed by atoms with Crippen LogP contribution in [0.5, 0.6) is 0 Å². The molecule has 0 radical (unpaired) electrons. The van der Waals surface area contributed by atoms with Gasteiger partial charge in [-0.2, -0.15) is 13.2 Å². The number of alkyl halides is 3. The molecule has 0 unspecified atom stereocenters. The molecular formula is C13H17F3N2. The van der Waals surface area contributed by atoms with Gasteiger partial charge in [0, 0.05) is 24.8 Å². The second-order valence-electron chi connectivity index (χ2n) is 4.82. The maximum absolute atomic E-state index is 12.8. The van der Waals surface area contributed by atoms with Crippen LogP contribution in [0.4, 0.5) is 18.9 Å². The number of halogens is 3. The van der Waals surface area contributed by atoms with Crippen LogP contribution in [0.3, 0.4) is 0 Å². The van der Waals surface area contributed by atoms with E-state index in [0.717, 1.165) is 25.9 Å². The molecular weight excluding hydrogens is 241 g/mol. The second kappa shape index (κ2) is 4.80. The van der Waals surface area contributed by atoms with Crippen molar-refractivity contribution in [3.05, 3.63) is 29.3 Å². The Hall–Kier alpha value is -1.23. The Labute approximate surface area is 105 Å². The van der Waals surface area contributed by atoms with Crippen molar-refractivity contribution in [3.63, 3.8) is 0 Å². The highest BCUT2D eigenvalue weighted by Gasteiger charge is 2.33. The summed E-state index contributed by atoms with van der Waals surface area (Å²) in [6, 6.07) is 4.70. The van der Waals surface area contributed by atoms with Gasteiger partial charge in [-0.25, -0.2) is 0 Å². The van der Waals surface area contributed by atoms with Crippen LogP contribution < -0.4 is 10.6 Å².